The Hall–Kier alpha value is -1.09. The number of hydrogen-bond acceptors (Lipinski definition) is 1. The van der Waals surface area contributed by atoms with Gasteiger partial charge in [-0.3, -0.25) is 4.79 Å². The molecule has 0 fully saturated rings. The number of nitrogens with one attached hydrogen (secondary N) is 1. The number of carbonyl (C=O) groups is 1. The minimum atomic E-state index is -0.516. The van der Waals surface area contributed by atoms with E-state index in [9.17, 15) is 4.79 Å². The van der Waals surface area contributed by atoms with E-state index in [0.717, 1.165) is 16.5 Å². The molecule has 1 aromatic heterocycles. The van der Waals surface area contributed by atoms with E-state index < -0.39 is 4.32 Å². The van der Waals surface area contributed by atoms with Crippen molar-refractivity contribution in [2.24, 2.45) is 0 Å². The molecule has 1 aromatic carbocycles. The van der Waals surface area contributed by atoms with E-state index >= 15 is 0 Å². The van der Waals surface area contributed by atoms with Gasteiger partial charge in [0.05, 0.1) is 4.32 Å². The van der Waals surface area contributed by atoms with E-state index in [2.05, 4.69) is 20.9 Å². The molecule has 0 aliphatic rings. The molecular weight excluding hydrogens is 254 g/mol. The molecule has 15 heavy (non-hydrogen) atoms. The highest BCUT2D eigenvalue weighted by molar-refractivity contribution is 9.10. The first-order valence-electron chi connectivity index (χ1n) is 4.80. The molecule has 78 valence electrons. The fraction of sp³-hybridized carbons (Fsp3) is 0.250. The zero-order valence-electron chi connectivity index (χ0n) is 8.67. The van der Waals surface area contributed by atoms with Gasteiger partial charge in [0.25, 0.3) is 0 Å². The number of ketones is 1. The van der Waals surface area contributed by atoms with Crippen molar-refractivity contribution in [3.63, 3.8) is 0 Å². The van der Waals surface area contributed by atoms with Crippen molar-refractivity contribution in [1.82, 2.24) is 4.98 Å². The van der Waals surface area contributed by atoms with Gasteiger partial charge in [-0.25, -0.2) is 0 Å². The molecule has 3 heteroatoms. The maximum absolute atomic E-state index is 12.1. The van der Waals surface area contributed by atoms with Crippen molar-refractivity contribution >= 4 is 32.6 Å². The lowest BCUT2D eigenvalue weighted by atomic mass is 10.0. The Morgan fingerprint density at radius 2 is 2.00 bits per heavy atom. The number of para-hydroxylation sites is 1. The van der Waals surface area contributed by atoms with Crippen LogP contribution in [-0.4, -0.2) is 15.1 Å². The first-order valence-corrected chi connectivity index (χ1v) is 5.59. The molecule has 0 saturated carbocycles. The number of rotatable bonds is 2. The quantitative estimate of drug-likeness (QED) is 0.654. The monoisotopic (exact) mass is 265 g/mol. The van der Waals surface area contributed by atoms with E-state index in [1.807, 2.05) is 38.1 Å². The number of carbonyl (C=O) groups excluding carboxylic acids is 1. The number of fused-ring (bicyclic) bond motifs is 1. The van der Waals surface area contributed by atoms with Crippen molar-refractivity contribution < 1.29 is 4.79 Å². The molecule has 0 radical (unpaired) electrons. The van der Waals surface area contributed by atoms with Gasteiger partial charge >= 0.3 is 0 Å². The molecule has 0 spiro atoms. The van der Waals surface area contributed by atoms with Crippen molar-refractivity contribution in [3.05, 3.63) is 36.0 Å². The molecule has 0 amide bonds. The summed E-state index contributed by atoms with van der Waals surface area (Å²) in [7, 11) is 0. The molecule has 0 saturated heterocycles. The third-order valence-corrected chi connectivity index (χ3v) is 2.73. The topological polar surface area (TPSA) is 32.9 Å². The highest BCUT2D eigenvalue weighted by atomic mass is 79.9. The summed E-state index contributed by atoms with van der Waals surface area (Å²) in [4.78, 5) is 15.2. The second kappa shape index (κ2) is 3.49. The van der Waals surface area contributed by atoms with Crippen LogP contribution in [-0.2, 0) is 0 Å². The average Bonchev–Trinajstić information content (AvgIpc) is 2.58. The van der Waals surface area contributed by atoms with E-state index in [4.69, 9.17) is 0 Å². The van der Waals surface area contributed by atoms with E-state index in [-0.39, 0.29) is 5.78 Å². The first-order chi connectivity index (χ1) is 7.00. The zero-order chi connectivity index (χ0) is 11.1. The third kappa shape index (κ3) is 1.84. The van der Waals surface area contributed by atoms with Gasteiger partial charge < -0.3 is 4.98 Å². The first kappa shape index (κ1) is 10.4. The van der Waals surface area contributed by atoms with E-state index in [1.54, 1.807) is 6.20 Å². The highest BCUT2D eigenvalue weighted by Crippen LogP contribution is 2.26. The van der Waals surface area contributed by atoms with Crippen LogP contribution in [0.15, 0.2) is 30.5 Å². The van der Waals surface area contributed by atoms with Crippen LogP contribution >= 0.6 is 15.9 Å². The largest absolute Gasteiger partial charge is 0.360 e. The Bertz CT molecular complexity index is 508. The third-order valence-electron chi connectivity index (χ3n) is 2.37. The Kier molecular flexibility index (Phi) is 2.43. The number of aromatic amines is 1. The highest BCUT2D eigenvalue weighted by Gasteiger charge is 2.26. The molecule has 0 atom stereocenters. The normalized spacial score (nSPS) is 11.9. The Labute approximate surface area is 96.8 Å². The predicted octanol–water partition coefficient (Wildman–Crippen LogP) is 3.52. The summed E-state index contributed by atoms with van der Waals surface area (Å²) >= 11 is 3.39. The van der Waals surface area contributed by atoms with Crippen LogP contribution in [0.1, 0.15) is 24.2 Å². The van der Waals surface area contributed by atoms with Gasteiger partial charge in [-0.1, -0.05) is 34.1 Å². The molecular formula is C12H12BrNO. The van der Waals surface area contributed by atoms with Crippen molar-refractivity contribution in [3.8, 4) is 0 Å². The van der Waals surface area contributed by atoms with E-state index in [0.29, 0.717) is 0 Å². The summed E-state index contributed by atoms with van der Waals surface area (Å²) in [6.07, 6.45) is 1.77. The van der Waals surface area contributed by atoms with Crippen LogP contribution in [0.5, 0.6) is 0 Å². The molecule has 0 aliphatic carbocycles. The van der Waals surface area contributed by atoms with Crippen molar-refractivity contribution in [1.29, 1.82) is 0 Å². The summed E-state index contributed by atoms with van der Waals surface area (Å²) in [6.45, 7) is 3.72. The van der Waals surface area contributed by atoms with Crippen LogP contribution in [0.3, 0.4) is 0 Å². The molecule has 1 N–H and O–H groups in total. The Morgan fingerprint density at radius 3 is 2.67 bits per heavy atom. The lowest BCUT2D eigenvalue weighted by Gasteiger charge is -2.13. The summed E-state index contributed by atoms with van der Waals surface area (Å²) in [5, 5.41) is 0.982. The molecule has 2 rings (SSSR count). The smallest absolute Gasteiger partial charge is 0.181 e. The van der Waals surface area contributed by atoms with Gasteiger partial charge in [-0.05, 0) is 19.9 Å². The SMILES string of the molecule is CC(C)(Br)C(=O)c1c[nH]c2ccccc12. The van der Waals surface area contributed by atoms with Gasteiger partial charge in [0, 0.05) is 22.7 Å². The zero-order valence-corrected chi connectivity index (χ0v) is 10.3. The number of Topliss-reactive ketones (excluding diaryl/α,β-unsaturated/α-hetero) is 1. The van der Waals surface area contributed by atoms with Crippen LogP contribution in [0.4, 0.5) is 0 Å². The lowest BCUT2D eigenvalue weighted by molar-refractivity contribution is 0.0963. The minimum Gasteiger partial charge on any atom is -0.360 e. The minimum absolute atomic E-state index is 0.0972. The summed E-state index contributed by atoms with van der Waals surface area (Å²) < 4.78 is -0.516. The van der Waals surface area contributed by atoms with Gasteiger partial charge in [-0.2, -0.15) is 0 Å². The molecule has 2 aromatic rings. The Morgan fingerprint density at radius 1 is 1.33 bits per heavy atom. The van der Waals surface area contributed by atoms with Crippen molar-refractivity contribution in [2.75, 3.05) is 0 Å². The van der Waals surface area contributed by atoms with Gasteiger partial charge in [0.15, 0.2) is 5.78 Å². The lowest BCUT2D eigenvalue weighted by Crippen LogP contribution is -2.23. The molecule has 0 aliphatic heterocycles. The number of halogens is 1. The fourth-order valence-electron chi connectivity index (χ4n) is 1.58. The van der Waals surface area contributed by atoms with Gasteiger partial charge in [-0.15, -0.1) is 0 Å². The summed E-state index contributed by atoms with van der Waals surface area (Å²) in [5.74, 6) is 0.0972. The maximum atomic E-state index is 12.1. The van der Waals surface area contributed by atoms with Gasteiger partial charge in [0.1, 0.15) is 0 Å². The molecule has 0 bridgehead atoms. The summed E-state index contributed by atoms with van der Waals surface area (Å²) in [6, 6.07) is 7.81. The number of benzene rings is 1. The van der Waals surface area contributed by atoms with Crippen molar-refractivity contribution in [2.45, 2.75) is 18.2 Å². The van der Waals surface area contributed by atoms with E-state index in [1.165, 1.54) is 0 Å². The molecule has 2 nitrogen and oxygen atoms in total. The molecule has 1 heterocycles. The average molecular weight is 266 g/mol. The predicted molar refractivity (Wildman–Crippen MR) is 65.6 cm³/mol. The number of aromatic nitrogens is 1. The van der Waals surface area contributed by atoms with Crippen LogP contribution in [0.25, 0.3) is 10.9 Å². The molecule has 0 unspecified atom stereocenters. The van der Waals surface area contributed by atoms with Crippen LogP contribution in [0.2, 0.25) is 0 Å². The van der Waals surface area contributed by atoms with Crippen LogP contribution in [0, 0.1) is 0 Å². The standard InChI is InChI=1S/C12H12BrNO/c1-12(2,13)11(15)9-7-14-10-6-4-3-5-8(9)10/h3-7,14H,1-2H3. The Balaban J connectivity index is 2.58. The number of hydrogen-bond donors (Lipinski definition) is 1. The number of alkyl halides is 1. The van der Waals surface area contributed by atoms with Crippen LogP contribution < -0.4 is 0 Å². The fourth-order valence-corrected chi connectivity index (χ4v) is 1.79. The summed E-state index contributed by atoms with van der Waals surface area (Å²) in [5.41, 5.74) is 1.74. The maximum Gasteiger partial charge on any atom is 0.181 e. The second-order valence-electron chi connectivity index (χ2n) is 4.05. The van der Waals surface area contributed by atoms with Gasteiger partial charge in [0.2, 0.25) is 0 Å². The number of H-pyrrole nitrogens is 1. The second-order valence-corrected chi connectivity index (χ2v) is 6.03.